The predicted molar refractivity (Wildman–Crippen MR) is 368 cm³/mol. The lowest BCUT2D eigenvalue weighted by Crippen LogP contribution is -2.46. The van der Waals surface area contributed by atoms with E-state index in [4.69, 9.17) is 69.4 Å². The van der Waals surface area contributed by atoms with E-state index in [0.717, 1.165) is 62.6 Å². The molecule has 658 valence electrons. The molecule has 0 radical (unpaired) electrons. The molecule has 15 rings (SSSR count). The summed E-state index contributed by atoms with van der Waals surface area (Å²) >= 11 is 0. The summed E-state index contributed by atoms with van der Waals surface area (Å²) in [7, 11) is 0. The number of rotatable bonds is 15. The number of anilines is 3. The second-order valence-corrected chi connectivity index (χ2v) is 26.7. The van der Waals surface area contributed by atoms with Crippen LogP contribution < -0.4 is 53.5 Å². The van der Waals surface area contributed by atoms with Crippen molar-refractivity contribution in [2.24, 2.45) is 50.0 Å². The summed E-state index contributed by atoms with van der Waals surface area (Å²) in [5.41, 5.74) is 29.8. The van der Waals surface area contributed by atoms with E-state index in [-0.39, 0.29) is 62.2 Å². The first-order valence-electron chi connectivity index (χ1n) is 34.3. The maximum absolute atomic E-state index is 13.5. The van der Waals surface area contributed by atoms with Gasteiger partial charge < -0.3 is 102 Å². The molecule has 0 saturated carbocycles. The zero-order valence-corrected chi connectivity index (χ0v) is 61.4. The molecule has 23 N–H and O–H groups in total. The Balaban J connectivity index is 0.000000150. The number of aliphatic hydroxyl groups excluding tert-OH is 10. The standard InChI is InChI=1S/C13H11F3N4O4.C12H17N8O3.C11H11F3N8O4.C11H12F3N8O3.C11H10F3N7O4/c1-2-12(3-21)8(22)6(13(14,15)16)11(24-12)20-5-19-7-9(20)17-4-18-10(7)23;1-2-6-8(22)12(3-21,18-19-14)23-11(6)20-5-17-7-9(13)15-4-16-10(7)20;12-11(13,14)3-5(24)10(1-23,20-21-16)26-8(3)22-2-17-4-6(22)18-9(15)19-7(4)25;12-11(13,14)4-6(24)10(1-23,20-21-16)25-9(4)22-3-19-5-7(15)17-2-18-8(5)22;12-11(13,14)4-6(23)10(1-22,19-20-15)25-9(4)21-3-18-5-7(21)16-2-17-8(5)24/h1,4-6,8,11,21-22H,3H2,(H,17,18,23);4-6,8,11,14,21-22H,2-3H2,1H3,(H2,13,15,16);2-3,5,8,16,23-24H,1H2,(H2-,15,18,19,25);2-4,6,9,16,23-24H,1H2,(H2,15,17,18);2-4,6,9,15,22-23H,1H2/q;+1;;+1;/p+2/t2*6-,8-,11+,12+;3-,5-,8+,10+;2*4-,6-,9+,10+/m00000/s1. The lowest BCUT2D eigenvalue weighted by molar-refractivity contribution is -0.211. The fraction of sp³-hybridized carbons (Fsp3) is 0.534. The van der Waals surface area contributed by atoms with Gasteiger partial charge in [-0.3, -0.25) is 42.2 Å². The number of nitrogens with one attached hydrogen (secondary N) is 7. The van der Waals surface area contributed by atoms with Crippen LogP contribution in [0.3, 0.4) is 0 Å². The molecule has 0 unspecified atom stereocenters. The number of nitrogens with two attached hydrogens (primary N) is 3. The van der Waals surface area contributed by atoms with Crippen LogP contribution in [0.15, 0.2) is 91.8 Å². The lowest BCUT2D eigenvalue weighted by Gasteiger charge is -2.25. The molecule has 123 heavy (non-hydrogen) atoms. The van der Waals surface area contributed by atoms with Crippen LogP contribution in [-0.2, 0) is 23.7 Å². The third-order valence-electron chi connectivity index (χ3n) is 19.9. The van der Waals surface area contributed by atoms with Crippen LogP contribution in [0.1, 0.15) is 44.5 Å². The molecule has 0 aromatic carbocycles. The highest BCUT2D eigenvalue weighted by molar-refractivity contribution is 5.82. The van der Waals surface area contributed by atoms with E-state index >= 15 is 0 Å². The van der Waals surface area contributed by atoms with Crippen molar-refractivity contribution in [3.05, 3.63) is 88.0 Å². The SMILES string of the molecule is C#C[C@]1(CO)O[C@@H](n2cnc3c(=O)[nH]cnc32)[C@@H](C(F)(F)F)[C@@H]1O.CC[C@@H]1[C@H](n2cnc3c(N)ncnc32)O[C@@](CO)(N=[N+]=N)[C@H]1O.N=[N+]=N[C@]1(CO)O[C@@H](n2cnc3c(=O)[nH]c(N)nc32)[C@@H](C(F)(F)F)[C@@H]1O.N=[N+]=N[C@]1(CO)O[C@@H](n2cnc3c(=O)[nH]cnc32)[C@@H](C(F)(F)F)[C@@H]1O.N=[N+]=N[C@]1(CO)O[C@@H](n2cnc3c(N)ncnc32)[C@@H](C(F)(F)F)[C@@H]1O. The summed E-state index contributed by atoms with van der Waals surface area (Å²) in [6.07, 6.45) is -23.3. The molecule has 15 heterocycles. The number of nitrogen functional groups attached to an aromatic ring is 3. The van der Waals surface area contributed by atoms with E-state index in [0.29, 0.717) is 17.6 Å². The lowest BCUT2D eigenvalue weighted by atomic mass is 9.90. The summed E-state index contributed by atoms with van der Waals surface area (Å²) < 4.78 is 193. The van der Waals surface area contributed by atoms with Gasteiger partial charge in [0, 0.05) is 5.92 Å². The average molecular weight is 1770 g/mol. The average Bonchev–Trinajstić information content (AvgIpc) is 1.60. The molecule has 20 atom stereocenters. The molecular weight excluding hydrogens is 1700 g/mol. The first-order valence-corrected chi connectivity index (χ1v) is 34.3. The number of H-pyrrole nitrogens is 3. The van der Waals surface area contributed by atoms with Gasteiger partial charge in [-0.2, -0.15) is 57.7 Å². The van der Waals surface area contributed by atoms with Gasteiger partial charge in [0.2, 0.25) is 25.6 Å². The fourth-order valence-electron chi connectivity index (χ4n) is 14.0. The number of halogens is 12. The van der Waals surface area contributed by atoms with Gasteiger partial charge in [-0.05, 0) is 6.42 Å². The van der Waals surface area contributed by atoms with Crippen LogP contribution >= 0.6 is 0 Å². The molecule has 10 aromatic heterocycles. The number of nitrogens with zero attached hydrogens (tertiary/aromatic N) is 25. The third-order valence-corrected chi connectivity index (χ3v) is 19.9. The summed E-state index contributed by atoms with van der Waals surface area (Å²) in [5, 5.41) is 111. The summed E-state index contributed by atoms with van der Waals surface area (Å²) in [4.78, 5) is 98.4. The zero-order chi connectivity index (χ0) is 90.4. The Morgan fingerprint density at radius 3 is 1.07 bits per heavy atom. The smallest absolute Gasteiger partial charge is 0.392 e. The molecule has 0 bridgehead atoms. The Labute approximate surface area is 667 Å². The molecule has 0 spiro atoms. The first kappa shape index (κ1) is 90.7. The van der Waals surface area contributed by atoms with Crippen LogP contribution in [0, 0.1) is 64.1 Å². The van der Waals surface area contributed by atoms with E-state index in [2.05, 4.69) is 115 Å². The van der Waals surface area contributed by atoms with E-state index in [9.17, 15) is 118 Å². The minimum absolute atomic E-state index is 0.0464. The number of ether oxygens (including phenoxy) is 5. The van der Waals surface area contributed by atoms with Gasteiger partial charge in [0.05, 0.1) is 50.9 Å². The van der Waals surface area contributed by atoms with Gasteiger partial charge in [0.25, 0.3) is 39.6 Å². The molecule has 0 aliphatic carbocycles. The van der Waals surface area contributed by atoms with Crippen LogP contribution in [0.25, 0.3) is 55.8 Å². The highest BCUT2D eigenvalue weighted by atomic mass is 19.4. The Morgan fingerprint density at radius 1 is 0.439 bits per heavy atom. The number of imidazole rings is 5. The minimum atomic E-state index is -5.00. The van der Waals surface area contributed by atoms with Crippen molar-refractivity contribution in [3.63, 3.8) is 0 Å². The fourth-order valence-corrected chi connectivity index (χ4v) is 14.0. The number of aromatic amines is 3. The molecule has 5 aliphatic heterocycles. The maximum atomic E-state index is 13.5. The van der Waals surface area contributed by atoms with Crippen molar-refractivity contribution >= 4 is 73.4 Å². The highest BCUT2D eigenvalue weighted by Gasteiger charge is 2.71. The van der Waals surface area contributed by atoms with Crippen molar-refractivity contribution in [1.29, 1.82) is 22.1 Å². The zero-order valence-electron chi connectivity index (χ0n) is 61.4. The highest BCUT2D eigenvalue weighted by Crippen LogP contribution is 2.55. The van der Waals surface area contributed by atoms with Crippen molar-refractivity contribution in [3.8, 4) is 12.3 Å². The van der Waals surface area contributed by atoms with Crippen molar-refractivity contribution in [2.45, 2.75) is 128 Å². The molecule has 5 fully saturated rings. The maximum Gasteiger partial charge on any atom is 0.398 e. The largest absolute Gasteiger partial charge is 0.398 e. The van der Waals surface area contributed by atoms with Crippen LogP contribution in [0.4, 0.5) is 70.3 Å². The Bertz CT molecular complexity index is 6020. The predicted octanol–water partition coefficient (Wildman–Crippen LogP) is -2.73. The second kappa shape index (κ2) is 34.1. The van der Waals surface area contributed by atoms with E-state index < -0.39 is 194 Å². The molecule has 5 saturated heterocycles. The van der Waals surface area contributed by atoms with E-state index in [1.807, 2.05) is 12.8 Å². The minimum Gasteiger partial charge on any atom is -0.392 e. The van der Waals surface area contributed by atoms with Crippen molar-refractivity contribution in [2.75, 3.05) is 50.2 Å². The molecular formula is C58H63F12N35O18+4. The number of fused-ring (bicyclic) bond motifs is 5. The Kier molecular flexibility index (Phi) is 25.1. The first-order chi connectivity index (χ1) is 58.0. The third kappa shape index (κ3) is 16.0. The second-order valence-electron chi connectivity index (χ2n) is 26.7. The Morgan fingerprint density at radius 2 is 0.740 bits per heavy atom. The van der Waals surface area contributed by atoms with Crippen LogP contribution in [0.2, 0.25) is 0 Å². The molecule has 10 aromatic rings. The van der Waals surface area contributed by atoms with Gasteiger partial charge in [0.15, 0.2) is 107 Å². The number of aromatic nitrogens is 20. The molecule has 53 nitrogen and oxygen atoms in total. The van der Waals surface area contributed by atoms with Crippen LogP contribution in [-0.4, -0.2) is 265 Å². The van der Waals surface area contributed by atoms with Gasteiger partial charge >= 0.3 is 24.7 Å². The van der Waals surface area contributed by atoms with Crippen molar-refractivity contribution in [1.82, 2.24) is 117 Å². The summed E-state index contributed by atoms with van der Waals surface area (Å²) in [6.45, 7) is -3.20. The van der Waals surface area contributed by atoms with Gasteiger partial charge in [0.1, 0.15) is 133 Å². The van der Waals surface area contributed by atoms with Gasteiger partial charge in [-0.15, -0.1) is 6.42 Å². The molecule has 65 heteroatoms. The number of alkyl halides is 12. The molecule has 0 amide bonds. The van der Waals surface area contributed by atoms with Crippen LogP contribution in [0.5, 0.6) is 0 Å². The molecule has 5 aliphatic rings. The number of hydrogen-bond acceptors (Lipinski definition) is 41. The van der Waals surface area contributed by atoms with Crippen molar-refractivity contribution < 1.29 is 127 Å². The van der Waals surface area contributed by atoms with E-state index in [1.165, 1.54) is 12.7 Å². The van der Waals surface area contributed by atoms with E-state index in [1.54, 1.807) is 4.57 Å². The van der Waals surface area contributed by atoms with Gasteiger partial charge in [-0.1, -0.05) is 12.8 Å². The number of hydrogen-bond donors (Lipinski definition) is 20. The van der Waals surface area contributed by atoms with Gasteiger partial charge in [-0.25, -0.2) is 54.8 Å². The monoisotopic (exact) mass is 1770 g/mol. The normalized spacial score (nSPS) is 29.9. The Hall–Kier alpha value is -13.1. The summed E-state index contributed by atoms with van der Waals surface area (Å²) in [5.74, 6) is -8.75. The summed E-state index contributed by atoms with van der Waals surface area (Å²) in [6, 6.07) is 0. The quantitative estimate of drug-likeness (QED) is 0.0214. The number of aliphatic hydroxyl groups is 10. The topological polar surface area (TPSA) is 806 Å². The number of terminal acetylenes is 1.